The highest BCUT2D eigenvalue weighted by atomic mass is 16.5. The van der Waals surface area contributed by atoms with Crippen molar-refractivity contribution in [1.82, 2.24) is 0 Å². The molecule has 22 heavy (non-hydrogen) atoms. The highest BCUT2D eigenvalue weighted by Gasteiger charge is 2.63. The van der Waals surface area contributed by atoms with E-state index in [-0.39, 0.29) is 16.8 Å². The zero-order chi connectivity index (χ0) is 15.8. The Morgan fingerprint density at radius 3 is 2.55 bits per heavy atom. The van der Waals surface area contributed by atoms with Crippen molar-refractivity contribution >= 4 is 5.97 Å². The monoisotopic (exact) mass is 306 g/mol. The topological polar surface area (TPSA) is 46.5 Å². The predicted molar refractivity (Wildman–Crippen MR) is 84.1 cm³/mol. The number of cyclic esters (lactones) is 1. The van der Waals surface area contributed by atoms with Crippen molar-refractivity contribution in [1.29, 1.82) is 0 Å². The molecule has 1 aliphatic heterocycles. The number of hydrogen-bond acceptors (Lipinski definition) is 3. The fourth-order valence-electron chi connectivity index (χ4n) is 6.83. The molecule has 2 unspecified atom stereocenters. The molecule has 3 nitrogen and oxygen atoms in total. The van der Waals surface area contributed by atoms with Gasteiger partial charge in [-0.05, 0) is 74.5 Å². The summed E-state index contributed by atoms with van der Waals surface area (Å²) in [6.45, 7) is 7.38. The second kappa shape index (κ2) is 4.49. The Labute approximate surface area is 133 Å². The maximum Gasteiger partial charge on any atom is 0.306 e. The van der Waals surface area contributed by atoms with Crippen LogP contribution in [0.1, 0.15) is 65.7 Å². The summed E-state index contributed by atoms with van der Waals surface area (Å²) in [5, 5.41) is 10.9. The summed E-state index contributed by atoms with van der Waals surface area (Å²) in [6.07, 6.45) is 7.48. The van der Waals surface area contributed by atoms with Crippen LogP contribution in [0.15, 0.2) is 0 Å². The van der Waals surface area contributed by atoms with Gasteiger partial charge in [0.25, 0.3) is 0 Å². The molecule has 3 heteroatoms. The molecule has 7 atom stereocenters. The van der Waals surface area contributed by atoms with Gasteiger partial charge in [-0.15, -0.1) is 0 Å². The van der Waals surface area contributed by atoms with Gasteiger partial charge in [-0.3, -0.25) is 4.79 Å². The minimum absolute atomic E-state index is 0.00497. The first kappa shape index (κ1) is 15.0. The van der Waals surface area contributed by atoms with Crippen LogP contribution in [0.5, 0.6) is 0 Å². The van der Waals surface area contributed by atoms with Gasteiger partial charge >= 0.3 is 5.97 Å². The second-order valence-electron chi connectivity index (χ2n) is 9.29. The van der Waals surface area contributed by atoms with Gasteiger partial charge in [-0.2, -0.15) is 0 Å². The van der Waals surface area contributed by atoms with E-state index in [0.29, 0.717) is 36.7 Å². The molecule has 1 N–H and O–H groups in total. The normalized spacial score (nSPS) is 57.5. The van der Waals surface area contributed by atoms with Crippen LogP contribution >= 0.6 is 0 Å². The molecule has 0 aromatic heterocycles. The van der Waals surface area contributed by atoms with Crippen molar-refractivity contribution in [3.8, 4) is 0 Å². The molecular weight excluding hydrogens is 276 g/mol. The molecule has 124 valence electrons. The number of rotatable bonds is 0. The number of aliphatic hydroxyl groups is 1. The van der Waals surface area contributed by atoms with E-state index in [1.54, 1.807) is 0 Å². The molecule has 4 fully saturated rings. The quantitative estimate of drug-likeness (QED) is 0.696. The first-order chi connectivity index (χ1) is 10.3. The van der Waals surface area contributed by atoms with Crippen LogP contribution in [0.4, 0.5) is 0 Å². The van der Waals surface area contributed by atoms with Crippen LogP contribution in [0, 0.1) is 34.5 Å². The third kappa shape index (κ3) is 1.75. The molecule has 0 bridgehead atoms. The van der Waals surface area contributed by atoms with E-state index in [1.165, 1.54) is 25.7 Å². The van der Waals surface area contributed by atoms with Crippen LogP contribution in [0.2, 0.25) is 0 Å². The smallest absolute Gasteiger partial charge is 0.306 e. The maximum absolute atomic E-state index is 11.7. The first-order valence-corrected chi connectivity index (χ1v) is 9.16. The van der Waals surface area contributed by atoms with Crippen LogP contribution in [0.25, 0.3) is 0 Å². The van der Waals surface area contributed by atoms with E-state index in [2.05, 4.69) is 20.8 Å². The largest absolute Gasteiger partial charge is 0.465 e. The summed E-state index contributed by atoms with van der Waals surface area (Å²) < 4.78 is 5.49. The van der Waals surface area contributed by atoms with Gasteiger partial charge in [-0.25, -0.2) is 0 Å². The molecule has 1 heterocycles. The summed E-state index contributed by atoms with van der Waals surface area (Å²) in [6, 6.07) is 0. The number of carbonyl (C=O) groups excluding carboxylic acids is 1. The van der Waals surface area contributed by atoms with Crippen molar-refractivity contribution < 1.29 is 14.6 Å². The van der Waals surface area contributed by atoms with Crippen molar-refractivity contribution in [2.75, 3.05) is 6.61 Å². The molecule has 0 spiro atoms. The van der Waals surface area contributed by atoms with Crippen LogP contribution in [0.3, 0.4) is 0 Å². The predicted octanol–water partition coefficient (Wildman–Crippen LogP) is 3.54. The molecule has 3 saturated carbocycles. The van der Waals surface area contributed by atoms with Gasteiger partial charge in [0, 0.05) is 11.8 Å². The van der Waals surface area contributed by atoms with E-state index in [9.17, 15) is 9.90 Å². The molecule has 4 rings (SSSR count). The molecule has 0 aromatic rings. The fourth-order valence-corrected chi connectivity index (χ4v) is 6.83. The van der Waals surface area contributed by atoms with Crippen molar-refractivity contribution in [3.05, 3.63) is 0 Å². The van der Waals surface area contributed by atoms with Crippen LogP contribution < -0.4 is 0 Å². The van der Waals surface area contributed by atoms with Crippen molar-refractivity contribution in [2.45, 2.75) is 71.3 Å². The second-order valence-corrected chi connectivity index (χ2v) is 9.29. The van der Waals surface area contributed by atoms with Gasteiger partial charge in [0.15, 0.2) is 0 Å². The van der Waals surface area contributed by atoms with Gasteiger partial charge < -0.3 is 9.84 Å². The summed E-state index contributed by atoms with van der Waals surface area (Å²) in [7, 11) is 0. The Balaban J connectivity index is 1.65. The Morgan fingerprint density at radius 2 is 1.77 bits per heavy atom. The van der Waals surface area contributed by atoms with Gasteiger partial charge in [0.1, 0.15) is 0 Å². The van der Waals surface area contributed by atoms with E-state index in [0.717, 1.165) is 12.8 Å². The average Bonchev–Trinajstić information content (AvgIpc) is 2.70. The zero-order valence-corrected chi connectivity index (χ0v) is 14.2. The molecule has 0 aromatic carbocycles. The number of fused-ring (bicyclic) bond motifs is 5. The zero-order valence-electron chi connectivity index (χ0n) is 14.2. The van der Waals surface area contributed by atoms with E-state index >= 15 is 0 Å². The summed E-state index contributed by atoms with van der Waals surface area (Å²) in [5.41, 5.74) is -0.241. The first-order valence-electron chi connectivity index (χ1n) is 9.16. The fraction of sp³-hybridized carbons (Fsp3) is 0.947. The minimum Gasteiger partial charge on any atom is -0.465 e. The van der Waals surface area contributed by atoms with Gasteiger partial charge in [0.05, 0.1) is 12.2 Å². The van der Waals surface area contributed by atoms with Crippen molar-refractivity contribution in [2.24, 2.45) is 34.5 Å². The van der Waals surface area contributed by atoms with Crippen LogP contribution in [-0.2, 0) is 9.53 Å². The number of hydrogen-bond donors (Lipinski definition) is 1. The van der Waals surface area contributed by atoms with E-state index in [1.807, 2.05) is 0 Å². The Bertz CT molecular complexity index is 499. The standard InChI is InChI=1S/C19H30O3/c1-17-11-22-16(20)10-12(17)4-5-13-14(17)6-8-18(2)15(13)7-9-19(18,3)21/h12-15,21H,4-11H2,1-3H3/t12?,13-,14+,15+,17+,18+,19?/m1/s1. The Hall–Kier alpha value is -0.570. The lowest BCUT2D eigenvalue weighted by molar-refractivity contribution is -0.186. The van der Waals surface area contributed by atoms with Crippen molar-refractivity contribution in [3.63, 3.8) is 0 Å². The molecular formula is C19H30O3. The third-order valence-electron chi connectivity index (χ3n) is 8.58. The molecule has 4 aliphatic rings. The van der Waals surface area contributed by atoms with Gasteiger partial charge in [0.2, 0.25) is 0 Å². The van der Waals surface area contributed by atoms with E-state index < -0.39 is 5.60 Å². The maximum atomic E-state index is 11.7. The lowest BCUT2D eigenvalue weighted by Crippen LogP contribution is -2.57. The summed E-state index contributed by atoms with van der Waals surface area (Å²) in [4.78, 5) is 11.7. The molecule has 3 aliphatic carbocycles. The third-order valence-corrected chi connectivity index (χ3v) is 8.58. The van der Waals surface area contributed by atoms with Crippen LogP contribution in [-0.4, -0.2) is 23.3 Å². The highest BCUT2D eigenvalue weighted by molar-refractivity contribution is 5.70. The number of esters is 1. The SMILES string of the molecule is CC1(O)CC[C@H]2[C@@H]3CCC4CC(=O)OC[C@]4(C)[C@H]3CC[C@@]21C. The molecule has 0 radical (unpaired) electrons. The lowest BCUT2D eigenvalue weighted by atomic mass is 9.46. The minimum atomic E-state index is -0.501. The lowest BCUT2D eigenvalue weighted by Gasteiger charge is -2.60. The number of ether oxygens (including phenoxy) is 1. The summed E-state index contributed by atoms with van der Waals surface area (Å²) >= 11 is 0. The Kier molecular flexibility index (Phi) is 3.06. The number of carbonyl (C=O) groups is 1. The van der Waals surface area contributed by atoms with Gasteiger partial charge in [-0.1, -0.05) is 13.8 Å². The average molecular weight is 306 g/mol. The Morgan fingerprint density at radius 1 is 1.05 bits per heavy atom. The molecule has 1 saturated heterocycles. The summed E-state index contributed by atoms with van der Waals surface area (Å²) in [5.74, 6) is 2.56. The molecule has 0 amide bonds. The highest BCUT2D eigenvalue weighted by Crippen LogP contribution is 2.67. The van der Waals surface area contributed by atoms with E-state index in [4.69, 9.17) is 4.74 Å².